The molecule has 0 bridgehead atoms. The van der Waals surface area contributed by atoms with E-state index in [-0.39, 0.29) is 17.3 Å². The summed E-state index contributed by atoms with van der Waals surface area (Å²) in [6.07, 6.45) is 0.643. The van der Waals surface area contributed by atoms with E-state index in [0.29, 0.717) is 32.6 Å². The molecule has 1 aromatic carbocycles. The number of carbonyl (C=O) groups excluding carboxylic acids is 1. The molecule has 0 spiro atoms. The number of aryl methyl sites for hydroxylation is 1. The lowest BCUT2D eigenvalue weighted by Gasteiger charge is -2.27. The quantitative estimate of drug-likeness (QED) is 0.891. The molecule has 2 amide bonds. The maximum Gasteiger partial charge on any atom is 0.317 e. The third-order valence-electron chi connectivity index (χ3n) is 4.22. The molecule has 2 rings (SSSR count). The van der Waals surface area contributed by atoms with Gasteiger partial charge in [-0.3, -0.25) is 0 Å². The molecular weight excluding hydrogens is 338 g/mol. The maximum atomic E-state index is 12.8. The summed E-state index contributed by atoms with van der Waals surface area (Å²) in [7, 11) is -3.39. The zero-order valence-electron chi connectivity index (χ0n) is 15.6. The van der Waals surface area contributed by atoms with Crippen LogP contribution in [-0.4, -0.2) is 55.4 Å². The van der Waals surface area contributed by atoms with Crippen LogP contribution in [0.25, 0.3) is 0 Å². The molecule has 140 valence electrons. The third kappa shape index (κ3) is 5.71. The predicted molar refractivity (Wildman–Crippen MR) is 99.9 cm³/mol. The molecule has 1 aliphatic rings. The number of urea groups is 1. The number of amides is 2. The van der Waals surface area contributed by atoms with Gasteiger partial charge in [0.05, 0.1) is 5.75 Å². The summed E-state index contributed by atoms with van der Waals surface area (Å²) in [6.45, 7) is 9.49. The van der Waals surface area contributed by atoms with Crippen molar-refractivity contribution in [1.82, 2.24) is 14.5 Å². The summed E-state index contributed by atoms with van der Waals surface area (Å²) in [5.74, 6) is 0.00780. The molecule has 7 heteroatoms. The monoisotopic (exact) mass is 367 g/mol. The minimum absolute atomic E-state index is 0.00780. The molecule has 6 nitrogen and oxygen atoms in total. The largest absolute Gasteiger partial charge is 0.333 e. The first kappa shape index (κ1) is 19.7. The molecule has 1 aromatic rings. The van der Waals surface area contributed by atoms with Gasteiger partial charge in [0.15, 0.2) is 0 Å². The second kappa shape index (κ2) is 7.74. The number of nitrogens with zero attached hydrogens (tertiary/aromatic N) is 2. The molecule has 1 heterocycles. The zero-order chi connectivity index (χ0) is 18.7. The zero-order valence-corrected chi connectivity index (χ0v) is 16.4. The van der Waals surface area contributed by atoms with Crippen LogP contribution in [0.4, 0.5) is 4.79 Å². The van der Waals surface area contributed by atoms with Gasteiger partial charge in [0, 0.05) is 31.7 Å². The number of hydrogen-bond donors (Lipinski definition) is 1. The van der Waals surface area contributed by atoms with Gasteiger partial charge in [0.25, 0.3) is 0 Å². The predicted octanol–water partition coefficient (Wildman–Crippen LogP) is 2.34. The molecule has 1 N–H and O–H groups in total. The van der Waals surface area contributed by atoms with Crippen LogP contribution in [0.3, 0.4) is 0 Å². The van der Waals surface area contributed by atoms with Gasteiger partial charge in [0.1, 0.15) is 0 Å². The highest BCUT2D eigenvalue weighted by molar-refractivity contribution is 7.88. The molecule has 0 radical (unpaired) electrons. The summed E-state index contributed by atoms with van der Waals surface area (Å²) in [5, 5.41) is 2.94. The molecule has 0 saturated carbocycles. The van der Waals surface area contributed by atoms with Crippen molar-refractivity contribution in [2.24, 2.45) is 0 Å². The van der Waals surface area contributed by atoms with Gasteiger partial charge in [-0.15, -0.1) is 0 Å². The highest BCUT2D eigenvalue weighted by Crippen LogP contribution is 2.17. The number of nitrogens with one attached hydrogen (secondary N) is 1. The molecule has 1 fully saturated rings. The standard InChI is InChI=1S/C18H29N3O3S/c1-15-8-5-6-9-16(15)14-25(23,24)21-11-7-10-20(12-13-21)17(22)19-18(2,3)4/h5-6,8-9H,7,10-14H2,1-4H3,(H,19,22). The molecule has 1 aliphatic heterocycles. The number of rotatable bonds is 3. The van der Waals surface area contributed by atoms with E-state index in [2.05, 4.69) is 5.32 Å². The second-order valence-electron chi connectivity index (χ2n) is 7.60. The Morgan fingerprint density at radius 2 is 1.80 bits per heavy atom. The SMILES string of the molecule is Cc1ccccc1CS(=O)(=O)N1CCCN(C(=O)NC(C)(C)C)CC1. The third-order valence-corrected chi connectivity index (χ3v) is 6.04. The van der Waals surface area contributed by atoms with E-state index in [0.717, 1.165) is 11.1 Å². The lowest BCUT2D eigenvalue weighted by molar-refractivity contribution is 0.191. The van der Waals surface area contributed by atoms with Gasteiger partial charge in [0.2, 0.25) is 10.0 Å². The van der Waals surface area contributed by atoms with Gasteiger partial charge < -0.3 is 10.2 Å². The van der Waals surface area contributed by atoms with E-state index >= 15 is 0 Å². The van der Waals surface area contributed by atoms with Crippen molar-refractivity contribution in [2.45, 2.75) is 45.4 Å². The number of benzene rings is 1. The summed E-state index contributed by atoms with van der Waals surface area (Å²) < 4.78 is 27.1. The van der Waals surface area contributed by atoms with E-state index in [1.807, 2.05) is 52.0 Å². The van der Waals surface area contributed by atoms with Gasteiger partial charge in [-0.05, 0) is 45.2 Å². The lowest BCUT2D eigenvalue weighted by atomic mass is 10.1. The smallest absolute Gasteiger partial charge is 0.317 e. The van der Waals surface area contributed by atoms with Crippen molar-refractivity contribution in [1.29, 1.82) is 0 Å². The normalized spacial score (nSPS) is 17.2. The van der Waals surface area contributed by atoms with Crippen LogP contribution in [0.15, 0.2) is 24.3 Å². The summed E-state index contributed by atoms with van der Waals surface area (Å²) >= 11 is 0. The topological polar surface area (TPSA) is 69.7 Å². The molecule has 25 heavy (non-hydrogen) atoms. The summed E-state index contributed by atoms with van der Waals surface area (Å²) in [6, 6.07) is 7.41. The Balaban J connectivity index is 2.02. The maximum absolute atomic E-state index is 12.8. The van der Waals surface area contributed by atoms with Crippen molar-refractivity contribution in [3.8, 4) is 0 Å². The number of carbonyl (C=O) groups is 1. The van der Waals surface area contributed by atoms with Crippen LogP contribution in [0.5, 0.6) is 0 Å². The average Bonchev–Trinajstić information content (AvgIpc) is 2.74. The summed E-state index contributed by atoms with van der Waals surface area (Å²) in [4.78, 5) is 14.0. The second-order valence-corrected chi connectivity index (χ2v) is 9.57. The Morgan fingerprint density at radius 3 is 2.44 bits per heavy atom. The molecular formula is C18H29N3O3S. The van der Waals surface area contributed by atoms with Crippen LogP contribution < -0.4 is 5.32 Å². The average molecular weight is 368 g/mol. The number of sulfonamides is 1. The van der Waals surface area contributed by atoms with Gasteiger partial charge >= 0.3 is 6.03 Å². The van der Waals surface area contributed by atoms with Crippen LogP contribution >= 0.6 is 0 Å². The summed E-state index contributed by atoms with van der Waals surface area (Å²) in [5.41, 5.74) is 1.50. The van der Waals surface area contributed by atoms with Crippen molar-refractivity contribution in [3.05, 3.63) is 35.4 Å². The Labute approximate surface area is 151 Å². The minimum Gasteiger partial charge on any atom is -0.333 e. The van der Waals surface area contributed by atoms with Gasteiger partial charge in [-0.2, -0.15) is 4.31 Å². The fraction of sp³-hybridized carbons (Fsp3) is 0.611. The van der Waals surface area contributed by atoms with E-state index in [9.17, 15) is 13.2 Å². The van der Waals surface area contributed by atoms with Crippen LogP contribution in [0.1, 0.15) is 38.3 Å². The molecule has 0 aliphatic carbocycles. The first-order chi connectivity index (χ1) is 11.6. The van der Waals surface area contributed by atoms with Crippen molar-refractivity contribution in [3.63, 3.8) is 0 Å². The first-order valence-electron chi connectivity index (χ1n) is 8.68. The van der Waals surface area contributed by atoms with Crippen molar-refractivity contribution < 1.29 is 13.2 Å². The first-order valence-corrected chi connectivity index (χ1v) is 10.3. The molecule has 1 saturated heterocycles. The van der Waals surface area contributed by atoms with Gasteiger partial charge in [-0.1, -0.05) is 24.3 Å². The van der Waals surface area contributed by atoms with Crippen LogP contribution in [0.2, 0.25) is 0 Å². The number of hydrogen-bond acceptors (Lipinski definition) is 3. The fourth-order valence-electron chi connectivity index (χ4n) is 2.83. The fourth-order valence-corrected chi connectivity index (χ4v) is 4.50. The van der Waals surface area contributed by atoms with E-state index in [4.69, 9.17) is 0 Å². The van der Waals surface area contributed by atoms with E-state index < -0.39 is 10.0 Å². The van der Waals surface area contributed by atoms with Crippen LogP contribution in [0, 0.1) is 6.92 Å². The Bertz CT molecular complexity index is 711. The van der Waals surface area contributed by atoms with Crippen molar-refractivity contribution >= 4 is 16.1 Å². The minimum atomic E-state index is -3.39. The van der Waals surface area contributed by atoms with Crippen LogP contribution in [-0.2, 0) is 15.8 Å². The highest BCUT2D eigenvalue weighted by Gasteiger charge is 2.28. The molecule has 0 atom stereocenters. The van der Waals surface area contributed by atoms with Crippen molar-refractivity contribution in [2.75, 3.05) is 26.2 Å². The lowest BCUT2D eigenvalue weighted by Crippen LogP contribution is -2.49. The Kier molecular flexibility index (Phi) is 6.11. The van der Waals surface area contributed by atoms with Gasteiger partial charge in [-0.25, -0.2) is 13.2 Å². The molecule has 0 unspecified atom stereocenters. The highest BCUT2D eigenvalue weighted by atomic mass is 32.2. The van der Waals surface area contributed by atoms with E-state index in [1.54, 1.807) is 4.90 Å². The van der Waals surface area contributed by atoms with E-state index in [1.165, 1.54) is 4.31 Å². The Morgan fingerprint density at radius 1 is 1.12 bits per heavy atom. The Hall–Kier alpha value is -1.60. The molecule has 0 aromatic heterocycles.